The van der Waals surface area contributed by atoms with Crippen LogP contribution in [0.4, 0.5) is 5.00 Å². The minimum absolute atomic E-state index is 0.142. The summed E-state index contributed by atoms with van der Waals surface area (Å²) < 4.78 is 4.87. The molecule has 0 aromatic carbocycles. The lowest BCUT2D eigenvalue weighted by atomic mass is 9.95. The molecule has 0 fully saturated rings. The number of nitrogens with one attached hydrogen (secondary N) is 2. The Bertz CT molecular complexity index is 525. The first-order valence-electron chi connectivity index (χ1n) is 6.79. The van der Waals surface area contributed by atoms with Crippen molar-refractivity contribution in [3.05, 3.63) is 16.0 Å². The summed E-state index contributed by atoms with van der Waals surface area (Å²) in [5.74, 6) is -0.506. The van der Waals surface area contributed by atoms with Crippen molar-refractivity contribution in [2.75, 3.05) is 19.5 Å². The van der Waals surface area contributed by atoms with Crippen LogP contribution in [0.5, 0.6) is 0 Å². The van der Waals surface area contributed by atoms with Crippen LogP contribution in [-0.4, -0.2) is 32.1 Å². The van der Waals surface area contributed by atoms with E-state index >= 15 is 0 Å². The van der Waals surface area contributed by atoms with Gasteiger partial charge in [0.25, 0.3) is 0 Å². The molecule has 0 saturated carbocycles. The number of fused-ring (bicyclic) bond motifs is 1. The van der Waals surface area contributed by atoms with E-state index in [9.17, 15) is 9.59 Å². The van der Waals surface area contributed by atoms with E-state index in [1.807, 2.05) is 0 Å². The average Bonchev–Trinajstić information content (AvgIpc) is 2.83. The second kappa shape index (κ2) is 6.37. The lowest BCUT2D eigenvalue weighted by Crippen LogP contribution is -2.35. The van der Waals surface area contributed by atoms with Crippen LogP contribution in [0.1, 0.15) is 40.6 Å². The summed E-state index contributed by atoms with van der Waals surface area (Å²) in [6.07, 6.45) is 4.07. The highest BCUT2D eigenvalue weighted by atomic mass is 32.1. The van der Waals surface area contributed by atoms with Gasteiger partial charge in [0.2, 0.25) is 5.91 Å². The van der Waals surface area contributed by atoms with Crippen molar-refractivity contribution < 1.29 is 14.3 Å². The minimum atomic E-state index is -0.364. The number of hydrogen-bond acceptors (Lipinski definition) is 5. The maximum atomic E-state index is 12.0. The van der Waals surface area contributed by atoms with Crippen molar-refractivity contribution in [1.82, 2.24) is 5.32 Å². The van der Waals surface area contributed by atoms with Crippen molar-refractivity contribution in [3.63, 3.8) is 0 Å². The Kier molecular flexibility index (Phi) is 4.77. The number of carbonyl (C=O) groups excluding carboxylic acids is 2. The van der Waals surface area contributed by atoms with E-state index in [-0.39, 0.29) is 17.9 Å². The molecule has 1 aromatic rings. The lowest BCUT2D eigenvalue weighted by molar-refractivity contribution is -0.117. The molecule has 0 bridgehead atoms. The molecule has 1 amide bonds. The van der Waals surface area contributed by atoms with E-state index in [0.29, 0.717) is 10.6 Å². The number of hydrogen-bond donors (Lipinski definition) is 2. The quantitative estimate of drug-likeness (QED) is 0.834. The maximum Gasteiger partial charge on any atom is 0.341 e. The van der Waals surface area contributed by atoms with E-state index < -0.39 is 0 Å². The average molecular weight is 296 g/mol. The van der Waals surface area contributed by atoms with E-state index in [1.54, 1.807) is 14.0 Å². The van der Waals surface area contributed by atoms with Crippen LogP contribution in [0.15, 0.2) is 0 Å². The lowest BCUT2D eigenvalue weighted by Gasteiger charge is -2.12. The number of esters is 1. The fourth-order valence-electron chi connectivity index (χ4n) is 2.32. The first-order valence-corrected chi connectivity index (χ1v) is 7.61. The molecule has 110 valence electrons. The third kappa shape index (κ3) is 2.86. The molecule has 1 heterocycles. The Balaban J connectivity index is 2.34. The Morgan fingerprint density at radius 2 is 2.00 bits per heavy atom. The second-order valence-electron chi connectivity index (χ2n) is 4.91. The molecule has 0 saturated heterocycles. The van der Waals surface area contributed by atoms with E-state index in [2.05, 4.69) is 10.6 Å². The highest BCUT2D eigenvalue weighted by Gasteiger charge is 2.27. The summed E-state index contributed by atoms with van der Waals surface area (Å²) in [6, 6.07) is -0.306. The molecule has 0 spiro atoms. The highest BCUT2D eigenvalue weighted by molar-refractivity contribution is 7.17. The van der Waals surface area contributed by atoms with Gasteiger partial charge in [0, 0.05) is 4.88 Å². The fourth-order valence-corrected chi connectivity index (χ4v) is 3.60. The number of anilines is 1. The van der Waals surface area contributed by atoms with Crippen LogP contribution in [0.25, 0.3) is 0 Å². The number of aryl methyl sites for hydroxylation is 1. The molecule has 1 atom stereocenters. The summed E-state index contributed by atoms with van der Waals surface area (Å²) in [7, 11) is 3.10. The Hall–Kier alpha value is -1.40. The van der Waals surface area contributed by atoms with Gasteiger partial charge in [-0.15, -0.1) is 11.3 Å². The maximum absolute atomic E-state index is 12.0. The van der Waals surface area contributed by atoms with Crippen LogP contribution < -0.4 is 10.6 Å². The van der Waals surface area contributed by atoms with Gasteiger partial charge in [0.1, 0.15) is 5.00 Å². The Labute approximate surface area is 122 Å². The topological polar surface area (TPSA) is 67.4 Å². The summed E-state index contributed by atoms with van der Waals surface area (Å²) >= 11 is 1.50. The number of amides is 1. The molecule has 20 heavy (non-hydrogen) atoms. The van der Waals surface area contributed by atoms with Gasteiger partial charge in [-0.3, -0.25) is 4.79 Å². The van der Waals surface area contributed by atoms with E-state index in [1.165, 1.54) is 23.3 Å². The van der Waals surface area contributed by atoms with Crippen molar-refractivity contribution in [1.29, 1.82) is 0 Å². The van der Waals surface area contributed by atoms with Gasteiger partial charge in [-0.25, -0.2) is 4.79 Å². The number of rotatable bonds is 4. The predicted octanol–water partition coefficient (Wildman–Crippen LogP) is 1.96. The third-order valence-electron chi connectivity index (χ3n) is 3.62. The summed E-state index contributed by atoms with van der Waals surface area (Å²) in [6.45, 7) is 1.78. The zero-order chi connectivity index (χ0) is 14.7. The van der Waals surface area contributed by atoms with Crippen molar-refractivity contribution in [3.8, 4) is 0 Å². The van der Waals surface area contributed by atoms with Crippen molar-refractivity contribution in [2.24, 2.45) is 0 Å². The third-order valence-corrected chi connectivity index (χ3v) is 4.83. The molecule has 1 aliphatic rings. The van der Waals surface area contributed by atoms with Crippen LogP contribution in [0, 0.1) is 0 Å². The zero-order valence-electron chi connectivity index (χ0n) is 12.0. The fraction of sp³-hybridized carbons (Fsp3) is 0.571. The second-order valence-corrected chi connectivity index (χ2v) is 6.01. The molecule has 0 radical (unpaired) electrons. The summed E-state index contributed by atoms with van der Waals surface area (Å²) in [5, 5.41) is 6.36. The molecule has 0 aliphatic heterocycles. The SMILES string of the molecule is CNC(C)C(=O)Nc1sc2c(c1C(=O)OC)CCCC2. The molecule has 1 aliphatic carbocycles. The normalized spacial score (nSPS) is 15.3. The number of likely N-dealkylation sites (N-methyl/N-ethyl adjacent to an activating group) is 1. The van der Waals surface area contributed by atoms with Crippen molar-refractivity contribution >= 4 is 28.2 Å². The molecule has 2 rings (SSSR count). The largest absolute Gasteiger partial charge is 0.465 e. The van der Waals surface area contributed by atoms with Gasteiger partial charge >= 0.3 is 5.97 Å². The van der Waals surface area contributed by atoms with Crippen molar-refractivity contribution in [2.45, 2.75) is 38.6 Å². The number of methoxy groups -OCH3 is 1. The molecular formula is C14H20N2O3S. The van der Waals surface area contributed by atoms with Gasteiger partial charge in [-0.1, -0.05) is 0 Å². The van der Waals surface area contributed by atoms with Gasteiger partial charge in [-0.05, 0) is 45.2 Å². The molecule has 6 heteroatoms. The number of ether oxygens (including phenoxy) is 1. The molecule has 1 aromatic heterocycles. The molecular weight excluding hydrogens is 276 g/mol. The predicted molar refractivity (Wildman–Crippen MR) is 79.5 cm³/mol. The Morgan fingerprint density at radius 1 is 1.30 bits per heavy atom. The van der Waals surface area contributed by atoms with Gasteiger partial charge in [0.15, 0.2) is 0 Å². The van der Waals surface area contributed by atoms with Crippen LogP contribution >= 0.6 is 11.3 Å². The molecule has 2 N–H and O–H groups in total. The summed E-state index contributed by atoms with van der Waals surface area (Å²) in [5.41, 5.74) is 1.60. The number of thiophene rings is 1. The standard InChI is InChI=1S/C14H20N2O3S/c1-8(15-2)12(17)16-13-11(14(18)19-3)9-6-4-5-7-10(9)20-13/h8,15H,4-7H2,1-3H3,(H,16,17). The highest BCUT2D eigenvalue weighted by Crippen LogP contribution is 2.38. The van der Waals surface area contributed by atoms with Crippen LogP contribution in [0.3, 0.4) is 0 Å². The van der Waals surface area contributed by atoms with Gasteiger partial charge in [-0.2, -0.15) is 0 Å². The Morgan fingerprint density at radius 3 is 2.65 bits per heavy atom. The summed E-state index contributed by atoms with van der Waals surface area (Å²) in [4.78, 5) is 25.2. The minimum Gasteiger partial charge on any atom is -0.465 e. The van der Waals surface area contributed by atoms with Gasteiger partial charge in [0.05, 0.1) is 18.7 Å². The molecule has 1 unspecified atom stereocenters. The first-order chi connectivity index (χ1) is 9.58. The number of carbonyl (C=O) groups is 2. The monoisotopic (exact) mass is 296 g/mol. The van der Waals surface area contributed by atoms with Gasteiger partial charge < -0.3 is 15.4 Å². The molecule has 5 nitrogen and oxygen atoms in total. The smallest absolute Gasteiger partial charge is 0.341 e. The van der Waals surface area contributed by atoms with E-state index in [4.69, 9.17) is 4.74 Å². The van der Waals surface area contributed by atoms with Crippen LogP contribution in [0.2, 0.25) is 0 Å². The van der Waals surface area contributed by atoms with E-state index in [0.717, 1.165) is 31.2 Å². The first kappa shape index (κ1) is 15.0. The van der Waals surface area contributed by atoms with Crippen LogP contribution in [-0.2, 0) is 22.4 Å². The zero-order valence-corrected chi connectivity index (χ0v) is 12.9.